The molecule has 0 saturated carbocycles. The third kappa shape index (κ3) is 6.09. The van der Waals surface area contributed by atoms with E-state index < -0.39 is 0 Å². The zero-order chi connectivity index (χ0) is 14.8. The van der Waals surface area contributed by atoms with E-state index in [4.69, 9.17) is 0 Å². The lowest BCUT2D eigenvalue weighted by Crippen LogP contribution is -2.23. The number of rotatable bonds is 10. The van der Waals surface area contributed by atoms with Gasteiger partial charge in [0.25, 0.3) is 0 Å². The van der Waals surface area contributed by atoms with Gasteiger partial charge in [0.2, 0.25) is 0 Å². The van der Waals surface area contributed by atoms with Crippen molar-refractivity contribution in [1.82, 2.24) is 5.32 Å². The topological polar surface area (TPSA) is 12.0 Å². The van der Waals surface area contributed by atoms with E-state index in [0.29, 0.717) is 5.92 Å². The molecular weight excluding hydrogens is 242 g/mol. The summed E-state index contributed by atoms with van der Waals surface area (Å²) in [6, 6.07) is 9.08. The van der Waals surface area contributed by atoms with Crippen molar-refractivity contribution in [2.24, 2.45) is 5.92 Å². The van der Waals surface area contributed by atoms with Crippen LogP contribution < -0.4 is 5.32 Å². The summed E-state index contributed by atoms with van der Waals surface area (Å²) in [5, 5.41) is 3.55. The molecule has 2 atom stereocenters. The molecule has 1 rings (SSSR count). The molecule has 0 saturated heterocycles. The molecule has 2 unspecified atom stereocenters. The Morgan fingerprint density at radius 1 is 1.15 bits per heavy atom. The van der Waals surface area contributed by atoms with E-state index in [0.717, 1.165) is 19.0 Å². The van der Waals surface area contributed by atoms with E-state index in [1.165, 1.54) is 43.2 Å². The van der Waals surface area contributed by atoms with Crippen molar-refractivity contribution in [3.63, 3.8) is 0 Å². The van der Waals surface area contributed by atoms with Gasteiger partial charge < -0.3 is 5.32 Å². The summed E-state index contributed by atoms with van der Waals surface area (Å²) < 4.78 is 0. The van der Waals surface area contributed by atoms with Crippen LogP contribution in [0.15, 0.2) is 24.3 Å². The van der Waals surface area contributed by atoms with Crippen LogP contribution in [0, 0.1) is 12.8 Å². The fourth-order valence-corrected chi connectivity index (χ4v) is 2.96. The fraction of sp³-hybridized carbons (Fsp3) is 0.684. The lowest BCUT2D eigenvalue weighted by Gasteiger charge is -2.24. The van der Waals surface area contributed by atoms with Gasteiger partial charge in [0.1, 0.15) is 0 Å². The van der Waals surface area contributed by atoms with Gasteiger partial charge in [0.15, 0.2) is 0 Å². The number of nitrogens with one attached hydrogen (secondary N) is 1. The van der Waals surface area contributed by atoms with Crippen molar-refractivity contribution in [1.29, 1.82) is 0 Å². The summed E-state index contributed by atoms with van der Waals surface area (Å²) in [7, 11) is 0. The Hall–Kier alpha value is -0.820. The molecule has 0 amide bonds. The molecular formula is C19H33N. The van der Waals surface area contributed by atoms with Gasteiger partial charge in [0.05, 0.1) is 0 Å². The highest BCUT2D eigenvalue weighted by Gasteiger charge is 2.16. The minimum Gasteiger partial charge on any atom is -0.316 e. The lowest BCUT2D eigenvalue weighted by atomic mass is 9.84. The first-order chi connectivity index (χ1) is 9.71. The molecule has 1 aromatic carbocycles. The molecule has 1 N–H and O–H groups in total. The fourth-order valence-electron chi connectivity index (χ4n) is 2.96. The highest BCUT2D eigenvalue weighted by Crippen LogP contribution is 2.28. The van der Waals surface area contributed by atoms with E-state index in [1.54, 1.807) is 0 Å². The standard InChI is InChI=1S/C19H33N/c1-5-8-11-17(6-2)14-19(15-20-7-3)18-12-9-10-16(4)13-18/h9-10,12-13,17,19-20H,5-8,11,14-15H2,1-4H3. The van der Waals surface area contributed by atoms with Crippen molar-refractivity contribution < 1.29 is 0 Å². The third-order valence-electron chi connectivity index (χ3n) is 4.32. The molecule has 0 aromatic heterocycles. The van der Waals surface area contributed by atoms with Gasteiger partial charge in [-0.15, -0.1) is 0 Å². The van der Waals surface area contributed by atoms with Gasteiger partial charge in [-0.05, 0) is 37.3 Å². The quantitative estimate of drug-likeness (QED) is 0.611. The maximum Gasteiger partial charge on any atom is 0.00201 e. The van der Waals surface area contributed by atoms with Crippen LogP contribution in [0.3, 0.4) is 0 Å². The third-order valence-corrected chi connectivity index (χ3v) is 4.32. The first-order valence-electron chi connectivity index (χ1n) is 8.48. The molecule has 0 aliphatic rings. The first kappa shape index (κ1) is 17.2. The van der Waals surface area contributed by atoms with Crippen LogP contribution in [0.25, 0.3) is 0 Å². The summed E-state index contributed by atoms with van der Waals surface area (Å²) in [5.41, 5.74) is 2.89. The predicted molar refractivity (Wildman–Crippen MR) is 90.4 cm³/mol. The molecule has 0 fully saturated rings. The second-order valence-electron chi connectivity index (χ2n) is 6.07. The summed E-state index contributed by atoms with van der Waals surface area (Å²) in [5.74, 6) is 1.54. The summed E-state index contributed by atoms with van der Waals surface area (Å²) >= 11 is 0. The minimum absolute atomic E-state index is 0.664. The largest absolute Gasteiger partial charge is 0.316 e. The minimum atomic E-state index is 0.664. The van der Waals surface area contributed by atoms with E-state index in [2.05, 4.69) is 57.3 Å². The average Bonchev–Trinajstić information content (AvgIpc) is 2.46. The normalized spacial score (nSPS) is 14.2. The Morgan fingerprint density at radius 2 is 1.95 bits per heavy atom. The molecule has 1 nitrogen and oxygen atoms in total. The van der Waals surface area contributed by atoms with Crippen LogP contribution in [-0.4, -0.2) is 13.1 Å². The number of hydrogen-bond donors (Lipinski definition) is 1. The van der Waals surface area contributed by atoms with Crippen LogP contribution in [0.2, 0.25) is 0 Å². The highest BCUT2D eigenvalue weighted by atomic mass is 14.8. The van der Waals surface area contributed by atoms with E-state index in [-0.39, 0.29) is 0 Å². The van der Waals surface area contributed by atoms with Gasteiger partial charge >= 0.3 is 0 Å². The Labute approximate surface area is 126 Å². The maximum atomic E-state index is 3.55. The first-order valence-corrected chi connectivity index (χ1v) is 8.48. The van der Waals surface area contributed by atoms with Crippen LogP contribution in [0.1, 0.15) is 69.9 Å². The number of likely N-dealkylation sites (N-methyl/N-ethyl adjacent to an activating group) is 1. The van der Waals surface area contributed by atoms with Crippen molar-refractivity contribution in [3.8, 4) is 0 Å². The molecule has 0 bridgehead atoms. The molecule has 0 radical (unpaired) electrons. The van der Waals surface area contributed by atoms with E-state index in [1.807, 2.05) is 0 Å². The van der Waals surface area contributed by atoms with Gasteiger partial charge in [-0.3, -0.25) is 0 Å². The van der Waals surface area contributed by atoms with Crippen LogP contribution in [0.4, 0.5) is 0 Å². The van der Waals surface area contributed by atoms with Gasteiger partial charge in [-0.25, -0.2) is 0 Å². The number of unbranched alkanes of at least 4 members (excludes halogenated alkanes) is 1. The Kier molecular flexibility index (Phi) is 8.60. The van der Waals surface area contributed by atoms with E-state index in [9.17, 15) is 0 Å². The molecule has 0 aliphatic carbocycles. The van der Waals surface area contributed by atoms with Gasteiger partial charge in [-0.2, -0.15) is 0 Å². The highest BCUT2D eigenvalue weighted by molar-refractivity contribution is 5.25. The number of benzene rings is 1. The maximum absolute atomic E-state index is 3.55. The monoisotopic (exact) mass is 275 g/mol. The smallest absolute Gasteiger partial charge is 0.00201 e. The SMILES string of the molecule is CCCCC(CC)CC(CNCC)c1cccc(C)c1. The number of aryl methyl sites for hydroxylation is 1. The van der Waals surface area contributed by atoms with Crippen LogP contribution >= 0.6 is 0 Å². The van der Waals surface area contributed by atoms with E-state index >= 15 is 0 Å². The van der Waals surface area contributed by atoms with Crippen LogP contribution in [0.5, 0.6) is 0 Å². The summed E-state index contributed by atoms with van der Waals surface area (Å²) in [4.78, 5) is 0. The Bertz CT molecular complexity index is 359. The molecule has 1 aromatic rings. The molecule has 0 spiro atoms. The van der Waals surface area contributed by atoms with Crippen molar-refractivity contribution in [2.45, 2.75) is 65.7 Å². The van der Waals surface area contributed by atoms with Gasteiger partial charge in [-0.1, -0.05) is 76.3 Å². The second-order valence-corrected chi connectivity index (χ2v) is 6.07. The Morgan fingerprint density at radius 3 is 2.55 bits per heavy atom. The second kappa shape index (κ2) is 9.99. The zero-order valence-electron chi connectivity index (χ0n) is 13.9. The average molecular weight is 275 g/mol. The summed E-state index contributed by atoms with van der Waals surface area (Å²) in [6.07, 6.45) is 6.72. The molecule has 0 aliphatic heterocycles. The summed E-state index contributed by atoms with van der Waals surface area (Å²) in [6.45, 7) is 11.2. The van der Waals surface area contributed by atoms with Gasteiger partial charge in [0, 0.05) is 6.54 Å². The van der Waals surface area contributed by atoms with Crippen molar-refractivity contribution >= 4 is 0 Å². The lowest BCUT2D eigenvalue weighted by molar-refractivity contribution is 0.377. The van der Waals surface area contributed by atoms with Crippen LogP contribution in [-0.2, 0) is 0 Å². The zero-order valence-corrected chi connectivity index (χ0v) is 13.9. The number of hydrogen-bond acceptors (Lipinski definition) is 1. The Balaban J connectivity index is 2.72. The molecule has 1 heteroatoms. The molecule has 20 heavy (non-hydrogen) atoms. The molecule has 0 heterocycles. The predicted octanol–water partition coefficient (Wildman–Crippen LogP) is 5.29. The molecule has 114 valence electrons. The van der Waals surface area contributed by atoms with Crippen molar-refractivity contribution in [3.05, 3.63) is 35.4 Å². The van der Waals surface area contributed by atoms with Crippen molar-refractivity contribution in [2.75, 3.05) is 13.1 Å².